The number of likely N-dealkylation sites (tertiary alicyclic amines) is 1. The summed E-state index contributed by atoms with van der Waals surface area (Å²) in [6.07, 6.45) is 3.60. The van der Waals surface area contributed by atoms with Crippen molar-refractivity contribution in [3.05, 3.63) is 28.8 Å². The van der Waals surface area contributed by atoms with Crippen molar-refractivity contribution in [2.75, 3.05) is 19.3 Å². The molecule has 1 aliphatic heterocycles. The average Bonchev–Trinajstić information content (AvgIpc) is 2.94. The van der Waals surface area contributed by atoms with Crippen molar-refractivity contribution in [2.24, 2.45) is 5.92 Å². The summed E-state index contributed by atoms with van der Waals surface area (Å²) < 4.78 is 0. The van der Waals surface area contributed by atoms with Crippen molar-refractivity contribution in [3.8, 4) is 0 Å². The van der Waals surface area contributed by atoms with Crippen LogP contribution in [0.3, 0.4) is 0 Å². The molecule has 6 heteroatoms. The van der Waals surface area contributed by atoms with Gasteiger partial charge in [-0.2, -0.15) is 0 Å². The Morgan fingerprint density at radius 3 is 2.90 bits per heavy atom. The van der Waals surface area contributed by atoms with E-state index in [9.17, 15) is 9.59 Å². The Kier molecular flexibility index (Phi) is 5.53. The lowest BCUT2D eigenvalue weighted by Gasteiger charge is -2.17. The molecule has 1 unspecified atom stereocenters. The topological polar surface area (TPSA) is 57.6 Å². The van der Waals surface area contributed by atoms with E-state index in [1.165, 1.54) is 0 Å². The van der Waals surface area contributed by atoms with E-state index in [1.54, 1.807) is 22.7 Å². The number of rotatable bonds is 5. The number of carbonyl (C=O) groups is 2. The zero-order valence-corrected chi connectivity index (χ0v) is 13.4. The zero-order chi connectivity index (χ0) is 15.4. The van der Waals surface area contributed by atoms with Crippen LogP contribution in [-0.2, 0) is 4.79 Å². The smallest absolute Gasteiger partial charge is 0.303 e. The third-order valence-corrected chi connectivity index (χ3v) is 4.80. The lowest BCUT2D eigenvalue weighted by atomic mass is 10.0. The summed E-state index contributed by atoms with van der Waals surface area (Å²) in [6.45, 7) is 1.29. The van der Waals surface area contributed by atoms with E-state index in [0.717, 1.165) is 11.3 Å². The Balaban J connectivity index is 2.03. The SMILES string of the molecule is CSc1ccc(Cl)c(C(=O)N2CCC(CCC(=O)O)C2)c1. The van der Waals surface area contributed by atoms with E-state index in [4.69, 9.17) is 16.7 Å². The molecule has 4 nitrogen and oxygen atoms in total. The summed E-state index contributed by atoms with van der Waals surface area (Å²) in [6, 6.07) is 5.46. The highest BCUT2D eigenvalue weighted by Gasteiger charge is 2.28. The standard InChI is InChI=1S/C15H18ClNO3S/c1-21-11-3-4-13(16)12(8-11)15(20)17-7-6-10(9-17)2-5-14(18)19/h3-4,8,10H,2,5-7,9H2,1H3,(H,18,19). The number of aliphatic carboxylic acids is 1. The highest BCUT2D eigenvalue weighted by Crippen LogP contribution is 2.27. The molecule has 1 saturated heterocycles. The maximum Gasteiger partial charge on any atom is 0.303 e. The molecular formula is C15H18ClNO3S. The Morgan fingerprint density at radius 1 is 1.48 bits per heavy atom. The summed E-state index contributed by atoms with van der Waals surface area (Å²) in [5.74, 6) is -0.572. The molecule has 1 amide bonds. The molecule has 0 saturated carbocycles. The maximum absolute atomic E-state index is 12.5. The van der Waals surface area contributed by atoms with Crippen LogP contribution in [0.2, 0.25) is 5.02 Å². The average molecular weight is 328 g/mol. The van der Waals surface area contributed by atoms with Gasteiger partial charge in [-0.15, -0.1) is 11.8 Å². The Bertz CT molecular complexity index is 550. The molecule has 0 aromatic heterocycles. The lowest BCUT2D eigenvalue weighted by molar-refractivity contribution is -0.137. The molecule has 0 aliphatic carbocycles. The highest BCUT2D eigenvalue weighted by atomic mass is 35.5. The second-order valence-corrected chi connectivity index (χ2v) is 6.47. The monoisotopic (exact) mass is 327 g/mol. The first-order valence-electron chi connectivity index (χ1n) is 6.86. The van der Waals surface area contributed by atoms with Crippen LogP contribution in [0.4, 0.5) is 0 Å². The summed E-state index contributed by atoms with van der Waals surface area (Å²) >= 11 is 7.70. The first-order valence-corrected chi connectivity index (χ1v) is 8.46. The molecule has 0 bridgehead atoms. The highest BCUT2D eigenvalue weighted by molar-refractivity contribution is 7.98. The van der Waals surface area contributed by atoms with Crippen molar-refractivity contribution >= 4 is 35.2 Å². The minimum atomic E-state index is -0.782. The van der Waals surface area contributed by atoms with E-state index in [2.05, 4.69) is 0 Å². The van der Waals surface area contributed by atoms with E-state index in [-0.39, 0.29) is 18.2 Å². The Labute approximate surface area is 133 Å². The number of thioether (sulfide) groups is 1. The molecule has 0 spiro atoms. The van der Waals surface area contributed by atoms with Gasteiger partial charge in [-0.05, 0) is 43.2 Å². The van der Waals surface area contributed by atoms with Crippen LogP contribution >= 0.6 is 23.4 Å². The van der Waals surface area contributed by atoms with Gasteiger partial charge in [-0.25, -0.2) is 0 Å². The molecule has 1 aliphatic rings. The number of carboxylic acids is 1. The van der Waals surface area contributed by atoms with Crippen LogP contribution in [0.15, 0.2) is 23.1 Å². The van der Waals surface area contributed by atoms with E-state index in [0.29, 0.717) is 30.1 Å². The molecule has 0 radical (unpaired) electrons. The minimum Gasteiger partial charge on any atom is -0.481 e. The fraction of sp³-hybridized carbons (Fsp3) is 0.467. The summed E-state index contributed by atoms with van der Waals surface area (Å²) in [7, 11) is 0. The molecule has 1 atom stereocenters. The third-order valence-electron chi connectivity index (χ3n) is 3.74. The number of hydrogen-bond donors (Lipinski definition) is 1. The van der Waals surface area contributed by atoms with Crippen molar-refractivity contribution < 1.29 is 14.7 Å². The van der Waals surface area contributed by atoms with E-state index in [1.807, 2.05) is 18.4 Å². The van der Waals surface area contributed by atoms with E-state index < -0.39 is 5.97 Å². The molecule has 1 aromatic carbocycles. The number of hydrogen-bond acceptors (Lipinski definition) is 3. The van der Waals surface area contributed by atoms with Gasteiger partial charge in [-0.1, -0.05) is 11.6 Å². The van der Waals surface area contributed by atoms with Gasteiger partial charge in [0.05, 0.1) is 10.6 Å². The predicted octanol–water partition coefficient (Wildman–Crippen LogP) is 3.39. The molecule has 1 fully saturated rings. The molecule has 21 heavy (non-hydrogen) atoms. The summed E-state index contributed by atoms with van der Waals surface area (Å²) in [5, 5.41) is 9.19. The number of amides is 1. The molecule has 1 heterocycles. The number of carbonyl (C=O) groups excluding carboxylic acids is 1. The fourth-order valence-corrected chi connectivity index (χ4v) is 3.18. The maximum atomic E-state index is 12.5. The molecule has 2 rings (SSSR count). The van der Waals surface area contributed by atoms with Gasteiger partial charge in [0.1, 0.15) is 0 Å². The molecule has 1 aromatic rings. The van der Waals surface area contributed by atoms with Crippen molar-refractivity contribution in [1.29, 1.82) is 0 Å². The Morgan fingerprint density at radius 2 is 2.24 bits per heavy atom. The zero-order valence-electron chi connectivity index (χ0n) is 11.8. The van der Waals surface area contributed by atoms with Gasteiger partial charge < -0.3 is 10.0 Å². The number of carboxylic acid groups (broad SMARTS) is 1. The van der Waals surface area contributed by atoms with Gasteiger partial charge in [0.2, 0.25) is 0 Å². The summed E-state index contributed by atoms with van der Waals surface area (Å²) in [5.41, 5.74) is 0.530. The van der Waals surface area contributed by atoms with Gasteiger partial charge in [0.15, 0.2) is 0 Å². The van der Waals surface area contributed by atoms with Gasteiger partial charge in [0.25, 0.3) is 5.91 Å². The van der Waals surface area contributed by atoms with Crippen molar-refractivity contribution in [2.45, 2.75) is 24.2 Å². The first kappa shape index (κ1) is 16.2. The van der Waals surface area contributed by atoms with Gasteiger partial charge >= 0.3 is 5.97 Å². The van der Waals surface area contributed by atoms with Crippen LogP contribution in [0.5, 0.6) is 0 Å². The predicted molar refractivity (Wildman–Crippen MR) is 84.1 cm³/mol. The normalized spacial score (nSPS) is 18.0. The number of halogens is 1. The lowest BCUT2D eigenvalue weighted by Crippen LogP contribution is -2.29. The summed E-state index contributed by atoms with van der Waals surface area (Å²) in [4.78, 5) is 25.9. The quantitative estimate of drug-likeness (QED) is 0.842. The van der Waals surface area contributed by atoms with Crippen LogP contribution in [0.25, 0.3) is 0 Å². The van der Waals surface area contributed by atoms with E-state index >= 15 is 0 Å². The van der Waals surface area contributed by atoms with Crippen molar-refractivity contribution in [1.82, 2.24) is 4.90 Å². The Hall–Kier alpha value is -1.20. The van der Waals surface area contributed by atoms with Gasteiger partial charge in [-0.3, -0.25) is 9.59 Å². The van der Waals surface area contributed by atoms with Crippen LogP contribution < -0.4 is 0 Å². The second kappa shape index (κ2) is 7.18. The number of nitrogens with zero attached hydrogens (tertiary/aromatic N) is 1. The third kappa shape index (κ3) is 4.14. The first-order chi connectivity index (χ1) is 10.0. The van der Waals surface area contributed by atoms with Crippen LogP contribution in [-0.4, -0.2) is 41.2 Å². The van der Waals surface area contributed by atoms with Crippen LogP contribution in [0, 0.1) is 5.92 Å². The molecular weight excluding hydrogens is 310 g/mol. The molecule has 1 N–H and O–H groups in total. The minimum absolute atomic E-state index is 0.0614. The fourth-order valence-electron chi connectivity index (χ4n) is 2.55. The second-order valence-electron chi connectivity index (χ2n) is 5.18. The molecule has 114 valence electrons. The largest absolute Gasteiger partial charge is 0.481 e. The van der Waals surface area contributed by atoms with Crippen LogP contribution in [0.1, 0.15) is 29.6 Å². The van der Waals surface area contributed by atoms with Crippen molar-refractivity contribution in [3.63, 3.8) is 0 Å². The van der Waals surface area contributed by atoms with Gasteiger partial charge in [0, 0.05) is 24.4 Å². The number of benzene rings is 1.